The third-order valence-electron chi connectivity index (χ3n) is 2.43. The third kappa shape index (κ3) is 2.39. The summed E-state index contributed by atoms with van der Waals surface area (Å²) >= 11 is 0. The summed E-state index contributed by atoms with van der Waals surface area (Å²) in [5.74, 6) is 0.956. The summed E-state index contributed by atoms with van der Waals surface area (Å²) in [7, 11) is -3.42. The summed E-state index contributed by atoms with van der Waals surface area (Å²) in [6.07, 6.45) is 2.65. The lowest BCUT2D eigenvalue weighted by Gasteiger charge is -1.95. The van der Waals surface area contributed by atoms with Crippen molar-refractivity contribution in [2.75, 3.05) is 5.75 Å². The maximum absolute atomic E-state index is 11.7. The van der Waals surface area contributed by atoms with Gasteiger partial charge in [0.25, 0.3) is 5.16 Å². The van der Waals surface area contributed by atoms with Crippen LogP contribution in [0.3, 0.4) is 0 Å². The Labute approximate surface area is 93.6 Å². The van der Waals surface area contributed by atoms with Crippen molar-refractivity contribution in [3.63, 3.8) is 0 Å². The van der Waals surface area contributed by atoms with E-state index in [9.17, 15) is 8.42 Å². The molecule has 1 aliphatic carbocycles. The van der Waals surface area contributed by atoms with E-state index >= 15 is 0 Å². The lowest BCUT2D eigenvalue weighted by atomic mass is 10.4. The standard InChI is InChI=1S/C9H12N4O2S/c10-5-1-2-6-16(14,15)9-11-8(12-13-9)7-3-4-7/h7H,1-4,6H2,(H,11,12,13). The monoisotopic (exact) mass is 240 g/mol. The minimum absolute atomic E-state index is 0.0669. The van der Waals surface area contributed by atoms with Gasteiger partial charge in [0.1, 0.15) is 5.82 Å². The molecule has 0 atom stereocenters. The predicted molar refractivity (Wildman–Crippen MR) is 55.3 cm³/mol. The normalized spacial score (nSPS) is 15.9. The Morgan fingerprint density at radius 2 is 2.25 bits per heavy atom. The van der Waals surface area contributed by atoms with Crippen molar-refractivity contribution >= 4 is 9.84 Å². The predicted octanol–water partition coefficient (Wildman–Crippen LogP) is 0.760. The molecule has 6 nitrogen and oxygen atoms in total. The van der Waals surface area contributed by atoms with Crippen molar-refractivity contribution in [3.05, 3.63) is 5.82 Å². The van der Waals surface area contributed by atoms with Gasteiger partial charge in [-0.15, -0.1) is 5.10 Å². The Hall–Kier alpha value is -1.42. The van der Waals surface area contributed by atoms with Gasteiger partial charge >= 0.3 is 0 Å². The average molecular weight is 240 g/mol. The maximum atomic E-state index is 11.7. The van der Waals surface area contributed by atoms with E-state index in [1.165, 1.54) is 0 Å². The second-order valence-electron chi connectivity index (χ2n) is 3.86. The second kappa shape index (κ2) is 4.22. The SMILES string of the molecule is N#CCCCS(=O)(=O)c1n[nH]c(C2CC2)n1. The highest BCUT2D eigenvalue weighted by Gasteiger charge is 2.29. The van der Waals surface area contributed by atoms with Crippen LogP contribution in [0.4, 0.5) is 0 Å². The molecule has 1 aromatic rings. The van der Waals surface area contributed by atoms with E-state index < -0.39 is 9.84 Å². The van der Waals surface area contributed by atoms with Crippen LogP contribution in [0.25, 0.3) is 0 Å². The van der Waals surface area contributed by atoms with Crippen LogP contribution in [0.5, 0.6) is 0 Å². The van der Waals surface area contributed by atoms with Crippen molar-refractivity contribution in [1.82, 2.24) is 15.2 Å². The van der Waals surface area contributed by atoms with Gasteiger partial charge in [0.15, 0.2) is 0 Å². The lowest BCUT2D eigenvalue weighted by Crippen LogP contribution is -2.08. The van der Waals surface area contributed by atoms with Gasteiger partial charge in [-0.2, -0.15) is 5.26 Å². The largest absolute Gasteiger partial charge is 0.266 e. The molecular weight excluding hydrogens is 228 g/mol. The van der Waals surface area contributed by atoms with E-state index in [1.54, 1.807) is 0 Å². The number of aromatic nitrogens is 3. The molecule has 1 heterocycles. The number of nitriles is 1. The Balaban J connectivity index is 2.06. The van der Waals surface area contributed by atoms with Crippen molar-refractivity contribution < 1.29 is 8.42 Å². The van der Waals surface area contributed by atoms with Crippen molar-refractivity contribution in [3.8, 4) is 6.07 Å². The third-order valence-corrected chi connectivity index (χ3v) is 3.99. The zero-order valence-electron chi connectivity index (χ0n) is 8.68. The fourth-order valence-electron chi connectivity index (χ4n) is 1.37. The van der Waals surface area contributed by atoms with E-state index in [1.807, 2.05) is 6.07 Å². The summed E-state index contributed by atoms with van der Waals surface area (Å²) in [6.45, 7) is 0. The minimum atomic E-state index is -3.42. The van der Waals surface area contributed by atoms with Crippen molar-refractivity contribution in [1.29, 1.82) is 5.26 Å². The molecule has 1 N–H and O–H groups in total. The van der Waals surface area contributed by atoms with Crippen LogP contribution in [0.15, 0.2) is 5.16 Å². The maximum Gasteiger partial charge on any atom is 0.266 e. The first-order valence-corrected chi connectivity index (χ1v) is 6.81. The number of unbranched alkanes of at least 4 members (excludes halogenated alkanes) is 1. The van der Waals surface area contributed by atoms with Crippen LogP contribution >= 0.6 is 0 Å². The minimum Gasteiger partial charge on any atom is -0.262 e. The summed E-state index contributed by atoms with van der Waals surface area (Å²) in [5, 5.41) is 14.6. The summed E-state index contributed by atoms with van der Waals surface area (Å²) in [6, 6.07) is 1.91. The molecule has 0 amide bonds. The molecule has 0 radical (unpaired) electrons. The van der Waals surface area contributed by atoms with Gasteiger partial charge in [-0.1, -0.05) is 0 Å². The van der Waals surface area contributed by atoms with Crippen LogP contribution in [0.1, 0.15) is 37.4 Å². The molecule has 86 valence electrons. The summed E-state index contributed by atoms with van der Waals surface area (Å²) < 4.78 is 23.4. The average Bonchev–Trinajstić information content (AvgIpc) is 2.96. The first-order valence-electron chi connectivity index (χ1n) is 5.15. The van der Waals surface area contributed by atoms with Gasteiger partial charge in [0, 0.05) is 12.3 Å². The molecule has 0 saturated heterocycles. The molecule has 1 saturated carbocycles. The van der Waals surface area contributed by atoms with Gasteiger partial charge in [-0.25, -0.2) is 13.4 Å². The number of nitrogens with one attached hydrogen (secondary N) is 1. The number of hydrogen-bond acceptors (Lipinski definition) is 5. The number of sulfone groups is 1. The zero-order valence-corrected chi connectivity index (χ0v) is 9.50. The van der Waals surface area contributed by atoms with Crippen molar-refractivity contribution in [2.45, 2.75) is 36.8 Å². The second-order valence-corrected chi connectivity index (χ2v) is 5.86. The molecule has 1 aromatic heterocycles. The molecule has 1 fully saturated rings. The Morgan fingerprint density at radius 1 is 1.50 bits per heavy atom. The quantitative estimate of drug-likeness (QED) is 0.766. The first-order chi connectivity index (χ1) is 7.63. The van der Waals surface area contributed by atoms with Gasteiger partial charge in [0.2, 0.25) is 9.84 Å². The zero-order chi connectivity index (χ0) is 11.6. The number of nitrogens with zero attached hydrogens (tertiary/aromatic N) is 3. The fraction of sp³-hybridized carbons (Fsp3) is 0.667. The van der Waals surface area contributed by atoms with Crippen LogP contribution in [0.2, 0.25) is 0 Å². The van der Waals surface area contributed by atoms with Crippen LogP contribution in [-0.2, 0) is 9.84 Å². The Kier molecular flexibility index (Phi) is 2.92. The topological polar surface area (TPSA) is 99.5 Å². The van der Waals surface area contributed by atoms with Crippen LogP contribution < -0.4 is 0 Å². The van der Waals surface area contributed by atoms with Gasteiger partial charge in [0.05, 0.1) is 11.8 Å². The molecule has 0 aromatic carbocycles. The Morgan fingerprint density at radius 3 is 2.88 bits per heavy atom. The van der Waals surface area contributed by atoms with Gasteiger partial charge < -0.3 is 0 Å². The van der Waals surface area contributed by atoms with Crippen LogP contribution in [-0.4, -0.2) is 29.4 Å². The summed E-state index contributed by atoms with van der Waals surface area (Å²) in [4.78, 5) is 3.99. The van der Waals surface area contributed by atoms with E-state index in [2.05, 4.69) is 15.2 Å². The number of rotatable bonds is 5. The Bertz CT molecular complexity index is 510. The number of H-pyrrole nitrogens is 1. The van der Waals surface area contributed by atoms with E-state index in [0.29, 0.717) is 18.2 Å². The molecule has 0 aliphatic heterocycles. The molecule has 0 bridgehead atoms. The summed E-state index contributed by atoms with van der Waals surface area (Å²) in [5.41, 5.74) is 0. The van der Waals surface area contributed by atoms with E-state index in [0.717, 1.165) is 12.8 Å². The molecule has 0 spiro atoms. The number of aromatic amines is 1. The fourth-order valence-corrected chi connectivity index (χ4v) is 2.50. The highest BCUT2D eigenvalue weighted by Crippen LogP contribution is 2.37. The number of hydrogen-bond donors (Lipinski definition) is 1. The first kappa shape index (κ1) is 11.1. The molecule has 2 rings (SSSR count). The molecular formula is C9H12N4O2S. The molecule has 0 unspecified atom stereocenters. The van der Waals surface area contributed by atoms with Crippen molar-refractivity contribution in [2.24, 2.45) is 0 Å². The van der Waals surface area contributed by atoms with Gasteiger partial charge in [-0.3, -0.25) is 5.10 Å². The highest BCUT2D eigenvalue weighted by molar-refractivity contribution is 7.91. The molecule has 1 aliphatic rings. The molecule has 7 heteroatoms. The lowest BCUT2D eigenvalue weighted by molar-refractivity contribution is 0.585. The van der Waals surface area contributed by atoms with Gasteiger partial charge in [-0.05, 0) is 19.3 Å². The van der Waals surface area contributed by atoms with E-state index in [-0.39, 0.29) is 17.3 Å². The van der Waals surface area contributed by atoms with Crippen LogP contribution in [0, 0.1) is 11.3 Å². The smallest absolute Gasteiger partial charge is 0.262 e. The highest BCUT2D eigenvalue weighted by atomic mass is 32.2. The van der Waals surface area contributed by atoms with E-state index in [4.69, 9.17) is 5.26 Å². The molecule has 16 heavy (non-hydrogen) atoms.